The van der Waals surface area contributed by atoms with E-state index in [-0.39, 0.29) is 18.8 Å². The van der Waals surface area contributed by atoms with Gasteiger partial charge in [-0.15, -0.1) is 0 Å². The van der Waals surface area contributed by atoms with Crippen LogP contribution in [0.3, 0.4) is 0 Å². The van der Waals surface area contributed by atoms with Crippen LogP contribution in [0.15, 0.2) is 30.3 Å². The molecule has 0 amide bonds. The molecule has 1 unspecified atom stereocenters. The van der Waals surface area contributed by atoms with Crippen LogP contribution in [-0.4, -0.2) is 18.5 Å². The third-order valence-electron chi connectivity index (χ3n) is 2.73. The van der Waals surface area contributed by atoms with E-state index in [4.69, 9.17) is 9.47 Å². The first-order chi connectivity index (χ1) is 9.11. The fourth-order valence-corrected chi connectivity index (χ4v) is 1.30. The van der Waals surface area contributed by atoms with Crippen LogP contribution >= 0.6 is 0 Å². The summed E-state index contributed by atoms with van der Waals surface area (Å²) < 4.78 is 10.1. The lowest BCUT2D eigenvalue weighted by Crippen LogP contribution is -2.14. The fraction of sp³-hybridized carbons (Fsp3) is 0.467. The van der Waals surface area contributed by atoms with Crippen LogP contribution in [0.4, 0.5) is 0 Å². The van der Waals surface area contributed by atoms with Crippen molar-refractivity contribution >= 4 is 11.9 Å². The second-order valence-electron chi connectivity index (χ2n) is 4.48. The highest BCUT2D eigenvalue weighted by Crippen LogP contribution is 2.10. The third-order valence-corrected chi connectivity index (χ3v) is 2.73. The molecule has 0 aliphatic rings. The van der Waals surface area contributed by atoms with E-state index >= 15 is 0 Å². The molecule has 0 fully saturated rings. The lowest BCUT2D eigenvalue weighted by atomic mass is 10.1. The monoisotopic (exact) mass is 264 g/mol. The van der Waals surface area contributed by atoms with Crippen molar-refractivity contribution in [2.45, 2.75) is 33.1 Å². The number of hydrogen-bond donors (Lipinski definition) is 0. The van der Waals surface area contributed by atoms with Gasteiger partial charge in [-0.3, -0.25) is 9.59 Å². The van der Waals surface area contributed by atoms with Gasteiger partial charge in [0.1, 0.15) is 5.75 Å². The van der Waals surface area contributed by atoms with Gasteiger partial charge in [-0.25, -0.2) is 0 Å². The average molecular weight is 264 g/mol. The summed E-state index contributed by atoms with van der Waals surface area (Å²) in [5.74, 6) is 0.0534. The summed E-state index contributed by atoms with van der Waals surface area (Å²) in [5.41, 5.74) is 0. The molecule has 1 atom stereocenters. The van der Waals surface area contributed by atoms with Crippen molar-refractivity contribution in [1.82, 2.24) is 0 Å². The van der Waals surface area contributed by atoms with Crippen molar-refractivity contribution in [3.05, 3.63) is 30.3 Å². The Morgan fingerprint density at radius 2 is 1.74 bits per heavy atom. The number of para-hydroxylation sites is 1. The molecular weight excluding hydrogens is 244 g/mol. The Morgan fingerprint density at radius 1 is 1.11 bits per heavy atom. The Hall–Kier alpha value is -1.84. The topological polar surface area (TPSA) is 52.6 Å². The molecule has 1 aromatic rings. The number of carbonyl (C=O) groups is 2. The summed E-state index contributed by atoms with van der Waals surface area (Å²) in [4.78, 5) is 22.9. The maximum absolute atomic E-state index is 11.5. The van der Waals surface area contributed by atoms with Crippen LogP contribution in [0.5, 0.6) is 5.75 Å². The van der Waals surface area contributed by atoms with E-state index in [1.54, 1.807) is 24.3 Å². The van der Waals surface area contributed by atoms with Crippen molar-refractivity contribution in [3.8, 4) is 5.75 Å². The zero-order chi connectivity index (χ0) is 14.1. The van der Waals surface area contributed by atoms with Gasteiger partial charge in [0.05, 0.1) is 19.4 Å². The summed E-state index contributed by atoms with van der Waals surface area (Å²) in [7, 11) is 0. The molecule has 0 bridgehead atoms. The van der Waals surface area contributed by atoms with Crippen LogP contribution in [0.1, 0.15) is 33.1 Å². The second kappa shape index (κ2) is 8.29. The van der Waals surface area contributed by atoms with E-state index in [1.165, 1.54) is 0 Å². The number of rotatable bonds is 7. The van der Waals surface area contributed by atoms with Crippen LogP contribution in [-0.2, 0) is 14.3 Å². The first kappa shape index (κ1) is 15.2. The molecule has 4 nitrogen and oxygen atoms in total. The predicted octanol–water partition coefficient (Wildman–Crippen LogP) is 2.96. The highest BCUT2D eigenvalue weighted by atomic mass is 16.5. The molecule has 0 aliphatic heterocycles. The van der Waals surface area contributed by atoms with E-state index in [0.717, 1.165) is 6.42 Å². The molecule has 0 aromatic heterocycles. The molecule has 4 heteroatoms. The van der Waals surface area contributed by atoms with Crippen LogP contribution in [0, 0.1) is 5.92 Å². The molecular formula is C15H20O4. The minimum absolute atomic E-state index is 0.0359. The summed E-state index contributed by atoms with van der Waals surface area (Å²) in [5, 5.41) is 0. The Kier molecular flexibility index (Phi) is 6.64. The maximum atomic E-state index is 11.5. The fourth-order valence-electron chi connectivity index (χ4n) is 1.30. The summed E-state index contributed by atoms with van der Waals surface area (Å²) in [6.07, 6.45) is 1.06. The smallest absolute Gasteiger partial charge is 0.311 e. The van der Waals surface area contributed by atoms with Crippen LogP contribution in [0.2, 0.25) is 0 Å². The average Bonchev–Trinajstić information content (AvgIpc) is 2.43. The Morgan fingerprint density at radius 3 is 2.37 bits per heavy atom. The van der Waals surface area contributed by atoms with Gasteiger partial charge in [0.2, 0.25) is 0 Å². The van der Waals surface area contributed by atoms with E-state index < -0.39 is 5.97 Å². The molecule has 0 heterocycles. The van der Waals surface area contributed by atoms with Gasteiger partial charge < -0.3 is 9.47 Å². The molecule has 104 valence electrons. The van der Waals surface area contributed by atoms with Crippen molar-refractivity contribution < 1.29 is 19.1 Å². The van der Waals surface area contributed by atoms with Crippen molar-refractivity contribution in [3.63, 3.8) is 0 Å². The molecule has 0 saturated heterocycles. The minimum Gasteiger partial charge on any atom is -0.465 e. The quantitative estimate of drug-likeness (QED) is 0.561. The molecule has 1 rings (SSSR count). The van der Waals surface area contributed by atoms with E-state index in [9.17, 15) is 9.59 Å². The largest absolute Gasteiger partial charge is 0.465 e. The summed E-state index contributed by atoms with van der Waals surface area (Å²) in [6.45, 7) is 4.45. The van der Waals surface area contributed by atoms with Crippen molar-refractivity contribution in [2.24, 2.45) is 5.92 Å². The standard InChI is InChI=1S/C15H20O4/c1-3-12(2)11-18-14(16)9-10-15(17)19-13-7-5-4-6-8-13/h4-8,12H,3,9-11H2,1-2H3. The number of benzene rings is 1. The van der Waals surface area contributed by atoms with E-state index in [1.807, 2.05) is 19.9 Å². The van der Waals surface area contributed by atoms with Crippen molar-refractivity contribution in [1.29, 1.82) is 0 Å². The van der Waals surface area contributed by atoms with Gasteiger partial charge >= 0.3 is 11.9 Å². The molecule has 0 saturated carbocycles. The van der Waals surface area contributed by atoms with E-state index in [0.29, 0.717) is 18.3 Å². The van der Waals surface area contributed by atoms with Crippen LogP contribution in [0.25, 0.3) is 0 Å². The Labute approximate surface area is 113 Å². The predicted molar refractivity (Wildman–Crippen MR) is 71.7 cm³/mol. The number of esters is 2. The van der Waals surface area contributed by atoms with Gasteiger partial charge in [0.25, 0.3) is 0 Å². The molecule has 0 radical (unpaired) electrons. The van der Waals surface area contributed by atoms with Gasteiger partial charge in [0, 0.05) is 0 Å². The first-order valence-electron chi connectivity index (χ1n) is 6.53. The van der Waals surface area contributed by atoms with Gasteiger partial charge in [-0.1, -0.05) is 38.5 Å². The highest BCUT2D eigenvalue weighted by Gasteiger charge is 2.11. The lowest BCUT2D eigenvalue weighted by molar-refractivity contribution is -0.147. The molecule has 0 N–H and O–H groups in total. The maximum Gasteiger partial charge on any atom is 0.311 e. The first-order valence-corrected chi connectivity index (χ1v) is 6.53. The third kappa shape index (κ3) is 6.60. The number of hydrogen-bond acceptors (Lipinski definition) is 4. The van der Waals surface area contributed by atoms with Crippen molar-refractivity contribution in [2.75, 3.05) is 6.61 Å². The van der Waals surface area contributed by atoms with Gasteiger partial charge in [0.15, 0.2) is 0 Å². The Balaban J connectivity index is 2.21. The SMILES string of the molecule is CCC(C)COC(=O)CCC(=O)Oc1ccccc1. The highest BCUT2D eigenvalue weighted by molar-refractivity contribution is 5.78. The van der Waals surface area contributed by atoms with Crippen LogP contribution < -0.4 is 4.74 Å². The zero-order valence-corrected chi connectivity index (χ0v) is 11.4. The van der Waals surface area contributed by atoms with Gasteiger partial charge in [-0.2, -0.15) is 0 Å². The normalized spacial score (nSPS) is 11.7. The van der Waals surface area contributed by atoms with E-state index in [2.05, 4.69) is 0 Å². The lowest BCUT2D eigenvalue weighted by Gasteiger charge is -2.09. The summed E-state index contributed by atoms with van der Waals surface area (Å²) >= 11 is 0. The molecule has 19 heavy (non-hydrogen) atoms. The second-order valence-corrected chi connectivity index (χ2v) is 4.48. The molecule has 0 aliphatic carbocycles. The number of carbonyl (C=O) groups excluding carboxylic acids is 2. The minimum atomic E-state index is -0.424. The number of ether oxygens (including phenoxy) is 2. The molecule has 1 aromatic carbocycles. The van der Waals surface area contributed by atoms with Gasteiger partial charge in [-0.05, 0) is 18.1 Å². The Bertz CT molecular complexity index is 400. The molecule has 0 spiro atoms. The summed E-state index contributed by atoms with van der Waals surface area (Å²) in [6, 6.07) is 8.79. The zero-order valence-electron chi connectivity index (χ0n) is 11.4.